The molecule has 0 radical (unpaired) electrons. The number of rotatable bonds is 24. The average Bonchev–Trinajstić information content (AvgIpc) is 2.95. The molecule has 40 heavy (non-hydrogen) atoms. The standard InChI is InChI=1S/C36H57NO2.HI/c1-4-23-32(24-15-10-7-5-6-8-12-21-30-37(2)3)25-16-11-9-13-22-31-39-35-29-20-19-28-34(35)36(38)33-26-17-14-18-27-33;/h14,17-20,26-29,32H,4-13,15-16,21-25,30-31H2,1-3H3;1H. The number of carbonyl (C=O) groups is 1. The van der Waals surface area contributed by atoms with Crippen LogP contribution in [-0.2, 0) is 0 Å². The number of quaternary nitrogens is 1. The molecule has 0 fully saturated rings. The van der Waals surface area contributed by atoms with Crippen LogP contribution >= 0.6 is 0 Å². The summed E-state index contributed by atoms with van der Waals surface area (Å²) in [6, 6.07) is 17.1. The van der Waals surface area contributed by atoms with Crippen molar-refractivity contribution < 1.29 is 38.4 Å². The summed E-state index contributed by atoms with van der Waals surface area (Å²) in [4.78, 5) is 14.5. The van der Waals surface area contributed by atoms with Crippen LogP contribution in [-0.4, -0.2) is 33.0 Å². The van der Waals surface area contributed by atoms with Crippen molar-refractivity contribution in [3.63, 3.8) is 0 Å². The van der Waals surface area contributed by atoms with Crippen molar-refractivity contribution >= 4 is 5.78 Å². The van der Waals surface area contributed by atoms with Crippen molar-refractivity contribution in [3.8, 4) is 5.75 Å². The second-order valence-corrected chi connectivity index (χ2v) is 11.8. The Morgan fingerprint density at radius 3 is 1.80 bits per heavy atom. The van der Waals surface area contributed by atoms with Gasteiger partial charge in [-0.25, -0.2) is 0 Å². The van der Waals surface area contributed by atoms with E-state index < -0.39 is 0 Å². The van der Waals surface area contributed by atoms with Gasteiger partial charge >= 0.3 is 0 Å². The number of carbonyl (C=O) groups excluding carboxylic acids is 1. The molecule has 1 atom stereocenters. The minimum atomic E-state index is 0. The number of benzene rings is 2. The van der Waals surface area contributed by atoms with Crippen molar-refractivity contribution in [1.82, 2.24) is 0 Å². The maximum absolute atomic E-state index is 12.9. The van der Waals surface area contributed by atoms with Gasteiger partial charge in [-0.05, 0) is 37.3 Å². The van der Waals surface area contributed by atoms with Crippen LogP contribution in [0.15, 0.2) is 54.6 Å². The van der Waals surface area contributed by atoms with Gasteiger partial charge in [-0.1, -0.05) is 139 Å². The maximum Gasteiger partial charge on any atom is 0.196 e. The van der Waals surface area contributed by atoms with E-state index in [2.05, 4.69) is 21.0 Å². The molecule has 2 aromatic carbocycles. The molecule has 0 saturated heterocycles. The second-order valence-electron chi connectivity index (χ2n) is 11.8. The lowest BCUT2D eigenvalue weighted by molar-refractivity contribution is -0.858. The van der Waals surface area contributed by atoms with Gasteiger partial charge in [0.15, 0.2) is 5.78 Å². The second kappa shape index (κ2) is 24.2. The van der Waals surface area contributed by atoms with E-state index in [1.807, 2.05) is 54.6 Å². The van der Waals surface area contributed by atoms with Crippen LogP contribution < -0.4 is 33.6 Å². The van der Waals surface area contributed by atoms with Gasteiger partial charge in [0.25, 0.3) is 0 Å². The largest absolute Gasteiger partial charge is 1.00 e. The van der Waals surface area contributed by atoms with Crippen molar-refractivity contribution in [2.75, 3.05) is 27.2 Å². The third kappa shape index (κ3) is 16.8. The molecule has 0 saturated carbocycles. The van der Waals surface area contributed by atoms with Crippen molar-refractivity contribution in [1.29, 1.82) is 0 Å². The Balaban J connectivity index is 0.00000800. The van der Waals surface area contributed by atoms with Crippen molar-refractivity contribution in [2.24, 2.45) is 5.92 Å². The summed E-state index contributed by atoms with van der Waals surface area (Å²) in [6.07, 6.45) is 23.2. The Bertz CT molecular complexity index is 870. The van der Waals surface area contributed by atoms with Gasteiger partial charge in [0.2, 0.25) is 0 Å². The van der Waals surface area contributed by atoms with E-state index in [1.165, 1.54) is 109 Å². The predicted octanol–water partition coefficient (Wildman–Crippen LogP) is 5.71. The first-order valence-corrected chi connectivity index (χ1v) is 16.2. The molecule has 0 aliphatic heterocycles. The van der Waals surface area contributed by atoms with Crippen molar-refractivity contribution in [3.05, 3.63) is 65.7 Å². The fourth-order valence-corrected chi connectivity index (χ4v) is 5.59. The molecule has 0 aliphatic carbocycles. The maximum atomic E-state index is 12.9. The average molecular weight is 664 g/mol. The molecule has 0 amide bonds. The lowest BCUT2D eigenvalue weighted by atomic mass is 9.90. The Morgan fingerprint density at radius 2 is 1.20 bits per heavy atom. The number of hydrogen-bond donors (Lipinski definition) is 1. The molecule has 0 spiro atoms. The van der Waals surface area contributed by atoms with E-state index in [0.717, 1.165) is 12.3 Å². The molecular formula is C36H58INO2. The molecule has 2 aromatic rings. The summed E-state index contributed by atoms with van der Waals surface area (Å²) in [5.74, 6) is 1.67. The van der Waals surface area contributed by atoms with Crippen LogP contribution in [0.5, 0.6) is 5.75 Å². The molecule has 0 bridgehead atoms. The van der Waals surface area contributed by atoms with Crippen LogP contribution in [0.25, 0.3) is 0 Å². The van der Waals surface area contributed by atoms with E-state index in [-0.39, 0.29) is 29.8 Å². The van der Waals surface area contributed by atoms with Crippen LogP contribution in [0.4, 0.5) is 0 Å². The Morgan fingerprint density at radius 1 is 0.675 bits per heavy atom. The van der Waals surface area contributed by atoms with Gasteiger partial charge in [0, 0.05) is 5.56 Å². The number of hydrogen-bond acceptors (Lipinski definition) is 2. The molecule has 2 rings (SSSR count). The van der Waals surface area contributed by atoms with Gasteiger partial charge in [0.1, 0.15) is 5.75 Å². The van der Waals surface area contributed by atoms with E-state index in [4.69, 9.17) is 4.74 Å². The van der Waals surface area contributed by atoms with Gasteiger partial charge in [0.05, 0.1) is 32.8 Å². The van der Waals surface area contributed by atoms with E-state index in [0.29, 0.717) is 23.5 Å². The van der Waals surface area contributed by atoms with Crippen LogP contribution in [0, 0.1) is 5.92 Å². The zero-order chi connectivity index (χ0) is 28.0. The minimum absolute atomic E-state index is 0. The third-order valence-electron chi connectivity index (χ3n) is 7.92. The SMILES string of the molecule is CCCC(CCCCCCCCCC[NH+](C)C)CCCCCCCOc1ccccc1C(=O)c1ccccc1.[I-]. The van der Waals surface area contributed by atoms with Crippen molar-refractivity contribution in [2.45, 2.75) is 116 Å². The number of ketones is 1. The van der Waals surface area contributed by atoms with Crippen LogP contribution in [0.3, 0.4) is 0 Å². The molecule has 1 unspecified atom stereocenters. The highest BCUT2D eigenvalue weighted by Gasteiger charge is 2.14. The van der Waals surface area contributed by atoms with Gasteiger partial charge < -0.3 is 33.6 Å². The highest BCUT2D eigenvalue weighted by atomic mass is 127. The quantitative estimate of drug-likeness (QED) is 0.0887. The summed E-state index contributed by atoms with van der Waals surface area (Å²) < 4.78 is 6.04. The lowest BCUT2D eigenvalue weighted by Crippen LogP contribution is -3.05. The summed E-state index contributed by atoms with van der Waals surface area (Å²) in [5, 5.41) is 0. The first-order valence-electron chi connectivity index (χ1n) is 16.2. The summed E-state index contributed by atoms with van der Waals surface area (Å²) in [5.41, 5.74) is 1.36. The normalized spacial score (nSPS) is 11.8. The van der Waals surface area contributed by atoms with E-state index >= 15 is 0 Å². The summed E-state index contributed by atoms with van der Waals surface area (Å²) in [7, 11) is 4.51. The summed E-state index contributed by atoms with van der Waals surface area (Å²) in [6.45, 7) is 4.34. The zero-order valence-corrected chi connectivity index (χ0v) is 28.1. The predicted molar refractivity (Wildman–Crippen MR) is 167 cm³/mol. The molecule has 1 N–H and O–H groups in total. The fraction of sp³-hybridized carbons (Fsp3) is 0.639. The van der Waals surface area contributed by atoms with Crippen LogP contribution in [0.1, 0.15) is 132 Å². The molecule has 0 heterocycles. The van der Waals surface area contributed by atoms with Crippen LogP contribution in [0.2, 0.25) is 0 Å². The number of nitrogens with one attached hydrogen (secondary N) is 1. The monoisotopic (exact) mass is 663 g/mol. The van der Waals surface area contributed by atoms with Gasteiger partial charge in [-0.15, -0.1) is 0 Å². The number of unbranched alkanes of at least 4 members (excludes halogenated alkanes) is 11. The Kier molecular flexibility index (Phi) is 22.2. The highest BCUT2D eigenvalue weighted by Crippen LogP contribution is 2.24. The molecule has 4 heteroatoms. The molecule has 0 aromatic heterocycles. The minimum Gasteiger partial charge on any atom is -1.00 e. The fourth-order valence-electron chi connectivity index (χ4n) is 5.59. The highest BCUT2D eigenvalue weighted by molar-refractivity contribution is 6.10. The Labute approximate surface area is 263 Å². The molecule has 3 nitrogen and oxygen atoms in total. The van der Waals surface area contributed by atoms with E-state index in [1.54, 1.807) is 4.90 Å². The molecule has 0 aliphatic rings. The topological polar surface area (TPSA) is 30.7 Å². The zero-order valence-electron chi connectivity index (χ0n) is 25.9. The third-order valence-corrected chi connectivity index (χ3v) is 7.92. The summed E-state index contributed by atoms with van der Waals surface area (Å²) >= 11 is 0. The first-order chi connectivity index (χ1) is 19.1. The lowest BCUT2D eigenvalue weighted by Gasteiger charge is -2.16. The Hall–Kier alpha value is -1.40. The number of para-hydroxylation sites is 1. The molecular weight excluding hydrogens is 605 g/mol. The number of ether oxygens (including phenoxy) is 1. The number of halogens is 1. The van der Waals surface area contributed by atoms with Gasteiger partial charge in [-0.3, -0.25) is 4.79 Å². The first kappa shape index (κ1) is 36.6. The smallest absolute Gasteiger partial charge is 0.196 e. The van der Waals surface area contributed by atoms with E-state index in [9.17, 15) is 4.79 Å². The van der Waals surface area contributed by atoms with Gasteiger partial charge in [-0.2, -0.15) is 0 Å². The molecule has 226 valence electrons.